The average molecular weight is 254 g/mol. The number of hydrogen-bond donors (Lipinski definition) is 1. The summed E-state index contributed by atoms with van der Waals surface area (Å²) in [6.45, 7) is 1.98. The number of aryl methyl sites for hydroxylation is 1. The minimum atomic E-state index is 0.499. The second-order valence-corrected chi connectivity index (χ2v) is 4.29. The van der Waals surface area contributed by atoms with Crippen LogP contribution < -0.4 is 10.5 Å². The lowest BCUT2D eigenvalue weighted by Gasteiger charge is -2.11. The fourth-order valence-corrected chi connectivity index (χ4v) is 2.25. The van der Waals surface area contributed by atoms with Gasteiger partial charge in [0.15, 0.2) is 5.65 Å². The van der Waals surface area contributed by atoms with Crippen molar-refractivity contribution in [2.75, 3.05) is 12.8 Å². The molecular formula is C14H14N4O. The van der Waals surface area contributed by atoms with Gasteiger partial charge >= 0.3 is 0 Å². The van der Waals surface area contributed by atoms with Crippen molar-refractivity contribution in [1.82, 2.24) is 14.6 Å². The van der Waals surface area contributed by atoms with Crippen molar-refractivity contribution < 1.29 is 4.74 Å². The third-order valence-corrected chi connectivity index (χ3v) is 3.15. The highest BCUT2D eigenvalue weighted by atomic mass is 16.5. The summed E-state index contributed by atoms with van der Waals surface area (Å²) >= 11 is 0. The summed E-state index contributed by atoms with van der Waals surface area (Å²) < 4.78 is 7.03. The molecule has 2 heterocycles. The molecule has 5 heteroatoms. The van der Waals surface area contributed by atoms with Crippen molar-refractivity contribution in [3.8, 4) is 16.9 Å². The van der Waals surface area contributed by atoms with Crippen LogP contribution in [0.4, 0.5) is 5.82 Å². The highest BCUT2D eigenvalue weighted by Gasteiger charge is 2.13. The van der Waals surface area contributed by atoms with E-state index in [-0.39, 0.29) is 0 Å². The molecular weight excluding hydrogens is 240 g/mol. The summed E-state index contributed by atoms with van der Waals surface area (Å²) in [4.78, 5) is 4.37. The van der Waals surface area contributed by atoms with Crippen LogP contribution in [0.25, 0.3) is 16.8 Å². The number of fused-ring (bicyclic) bond motifs is 1. The zero-order chi connectivity index (χ0) is 13.4. The van der Waals surface area contributed by atoms with E-state index in [1.807, 2.05) is 37.3 Å². The Morgan fingerprint density at radius 1 is 1.26 bits per heavy atom. The first-order chi connectivity index (χ1) is 9.20. The molecule has 0 aliphatic rings. The molecule has 3 rings (SSSR count). The first kappa shape index (κ1) is 11.5. The zero-order valence-electron chi connectivity index (χ0n) is 10.8. The van der Waals surface area contributed by atoms with Crippen LogP contribution >= 0.6 is 0 Å². The molecule has 0 bridgehead atoms. The largest absolute Gasteiger partial charge is 0.497 e. The van der Waals surface area contributed by atoms with Crippen molar-refractivity contribution in [2.45, 2.75) is 6.92 Å². The molecule has 0 aliphatic heterocycles. The van der Waals surface area contributed by atoms with Crippen molar-refractivity contribution in [3.63, 3.8) is 0 Å². The maximum atomic E-state index is 6.08. The molecule has 0 atom stereocenters. The highest BCUT2D eigenvalue weighted by molar-refractivity contribution is 5.78. The van der Waals surface area contributed by atoms with Crippen LogP contribution in [0.15, 0.2) is 36.5 Å². The lowest BCUT2D eigenvalue weighted by molar-refractivity contribution is 0.415. The number of hydrogen-bond acceptors (Lipinski definition) is 4. The number of nitrogens with zero attached hydrogens (tertiary/aromatic N) is 3. The minimum Gasteiger partial charge on any atom is -0.497 e. The maximum absolute atomic E-state index is 6.08. The molecule has 0 radical (unpaired) electrons. The minimum absolute atomic E-state index is 0.499. The second kappa shape index (κ2) is 4.28. The Morgan fingerprint density at radius 2 is 2.11 bits per heavy atom. The van der Waals surface area contributed by atoms with E-state index in [1.54, 1.807) is 17.8 Å². The Hall–Kier alpha value is -2.56. The fraction of sp³-hybridized carbons (Fsp3) is 0.143. The number of rotatable bonds is 2. The quantitative estimate of drug-likeness (QED) is 0.762. The van der Waals surface area contributed by atoms with E-state index in [0.717, 1.165) is 28.2 Å². The Kier molecular flexibility index (Phi) is 2.59. The molecule has 19 heavy (non-hydrogen) atoms. The summed E-state index contributed by atoms with van der Waals surface area (Å²) in [5.74, 6) is 1.29. The smallest absolute Gasteiger partial charge is 0.157 e. The van der Waals surface area contributed by atoms with E-state index < -0.39 is 0 Å². The van der Waals surface area contributed by atoms with Gasteiger partial charge in [-0.1, -0.05) is 12.1 Å². The number of aromatic nitrogens is 3. The zero-order valence-corrected chi connectivity index (χ0v) is 10.8. The van der Waals surface area contributed by atoms with Crippen LogP contribution in [-0.4, -0.2) is 21.7 Å². The van der Waals surface area contributed by atoms with Crippen molar-refractivity contribution in [3.05, 3.63) is 42.2 Å². The van der Waals surface area contributed by atoms with E-state index in [9.17, 15) is 0 Å². The Morgan fingerprint density at radius 3 is 2.89 bits per heavy atom. The molecule has 0 fully saturated rings. The van der Waals surface area contributed by atoms with Gasteiger partial charge in [0.25, 0.3) is 0 Å². The van der Waals surface area contributed by atoms with Gasteiger partial charge in [-0.05, 0) is 24.6 Å². The van der Waals surface area contributed by atoms with Crippen molar-refractivity contribution in [2.24, 2.45) is 0 Å². The maximum Gasteiger partial charge on any atom is 0.157 e. The van der Waals surface area contributed by atoms with Crippen LogP contribution in [0, 0.1) is 6.92 Å². The lowest BCUT2D eigenvalue weighted by Crippen LogP contribution is -2.04. The molecule has 2 N–H and O–H groups in total. The first-order valence-corrected chi connectivity index (χ1v) is 5.95. The van der Waals surface area contributed by atoms with E-state index in [2.05, 4.69) is 10.1 Å². The van der Waals surface area contributed by atoms with E-state index in [4.69, 9.17) is 10.5 Å². The fourth-order valence-electron chi connectivity index (χ4n) is 2.25. The monoisotopic (exact) mass is 254 g/mol. The predicted octanol–water partition coefficient (Wildman–Crippen LogP) is 2.30. The van der Waals surface area contributed by atoms with Gasteiger partial charge in [0.2, 0.25) is 0 Å². The van der Waals surface area contributed by atoms with Gasteiger partial charge < -0.3 is 10.5 Å². The number of anilines is 1. The molecule has 96 valence electrons. The van der Waals surface area contributed by atoms with E-state index in [0.29, 0.717) is 5.82 Å². The number of benzene rings is 1. The Labute approximate surface area is 110 Å². The van der Waals surface area contributed by atoms with Crippen LogP contribution in [0.2, 0.25) is 0 Å². The second-order valence-electron chi connectivity index (χ2n) is 4.29. The summed E-state index contributed by atoms with van der Waals surface area (Å²) in [5.41, 5.74) is 9.64. The van der Waals surface area contributed by atoms with E-state index in [1.165, 1.54) is 0 Å². The predicted molar refractivity (Wildman–Crippen MR) is 74.1 cm³/mol. The molecule has 0 amide bonds. The van der Waals surface area contributed by atoms with Gasteiger partial charge in [0.05, 0.1) is 19.0 Å². The number of nitrogen functional groups attached to an aromatic ring is 1. The highest BCUT2D eigenvalue weighted by Crippen LogP contribution is 2.30. The summed E-state index contributed by atoms with van der Waals surface area (Å²) in [6.07, 6.45) is 1.71. The molecule has 1 aromatic carbocycles. The average Bonchev–Trinajstić information content (AvgIpc) is 2.87. The first-order valence-electron chi connectivity index (χ1n) is 5.95. The third kappa shape index (κ3) is 1.79. The topological polar surface area (TPSA) is 65.4 Å². The number of ether oxygens (including phenoxy) is 1. The van der Waals surface area contributed by atoms with Crippen LogP contribution in [0.1, 0.15) is 5.69 Å². The van der Waals surface area contributed by atoms with Gasteiger partial charge in [-0.2, -0.15) is 5.10 Å². The SMILES string of the molecule is COc1cccc(-c2c(N)nc3ccnn3c2C)c1. The van der Waals surface area contributed by atoms with Gasteiger partial charge in [0, 0.05) is 11.6 Å². The van der Waals surface area contributed by atoms with Crippen molar-refractivity contribution >= 4 is 11.5 Å². The normalized spacial score (nSPS) is 10.8. The summed E-state index contributed by atoms with van der Waals surface area (Å²) in [5, 5.41) is 4.26. The molecule has 0 unspecified atom stereocenters. The van der Waals surface area contributed by atoms with Crippen LogP contribution in [0.3, 0.4) is 0 Å². The van der Waals surface area contributed by atoms with Gasteiger partial charge in [0.1, 0.15) is 11.6 Å². The van der Waals surface area contributed by atoms with Gasteiger partial charge in [-0.15, -0.1) is 0 Å². The Bertz CT molecular complexity index is 748. The molecule has 0 spiro atoms. The van der Waals surface area contributed by atoms with Crippen LogP contribution in [0.5, 0.6) is 5.75 Å². The Balaban J connectivity index is 2.28. The molecule has 5 nitrogen and oxygen atoms in total. The van der Waals surface area contributed by atoms with Gasteiger partial charge in [-0.3, -0.25) is 0 Å². The standard InChI is InChI=1S/C14H14N4O/c1-9-13(10-4-3-5-11(8-10)19-2)14(15)17-12-6-7-16-18(9)12/h3-8H,1-2H3,(H2,15,17). The molecule has 0 saturated carbocycles. The molecule has 2 aromatic heterocycles. The van der Waals surface area contributed by atoms with Crippen molar-refractivity contribution in [1.29, 1.82) is 0 Å². The summed E-state index contributed by atoms with van der Waals surface area (Å²) in [6, 6.07) is 9.59. The molecule has 3 aromatic rings. The van der Waals surface area contributed by atoms with E-state index >= 15 is 0 Å². The molecule has 0 saturated heterocycles. The molecule has 0 aliphatic carbocycles. The van der Waals surface area contributed by atoms with Gasteiger partial charge in [-0.25, -0.2) is 9.50 Å². The van der Waals surface area contributed by atoms with Crippen LogP contribution in [-0.2, 0) is 0 Å². The number of methoxy groups -OCH3 is 1. The lowest BCUT2D eigenvalue weighted by atomic mass is 10.0. The third-order valence-electron chi connectivity index (χ3n) is 3.15. The summed E-state index contributed by atoms with van der Waals surface area (Å²) in [7, 11) is 1.64. The number of nitrogens with two attached hydrogens (primary N) is 1.